The van der Waals surface area contributed by atoms with Crippen molar-refractivity contribution in [3.8, 4) is 6.07 Å². The summed E-state index contributed by atoms with van der Waals surface area (Å²) in [5.41, 5.74) is 3.09. The highest BCUT2D eigenvalue weighted by molar-refractivity contribution is 5.94. The Hall–Kier alpha value is -3.66. The van der Waals surface area contributed by atoms with E-state index in [1.165, 1.54) is 29.8 Å². The van der Waals surface area contributed by atoms with Gasteiger partial charge in [0.25, 0.3) is 5.91 Å². The number of anilines is 1. The number of fused-ring (bicyclic) bond motifs is 1. The summed E-state index contributed by atoms with van der Waals surface area (Å²) in [6, 6.07) is 15.8. The second kappa shape index (κ2) is 9.51. The van der Waals surface area contributed by atoms with Crippen LogP contribution in [0.3, 0.4) is 0 Å². The van der Waals surface area contributed by atoms with Crippen LogP contribution in [-0.4, -0.2) is 24.4 Å². The molecule has 0 radical (unpaired) electrons. The first-order valence-corrected chi connectivity index (χ1v) is 9.38. The number of nitrogens with zero attached hydrogens (tertiary/aromatic N) is 1. The number of carbonyl (C=O) groups excluding carboxylic acids is 3. The molecule has 7 nitrogen and oxygen atoms in total. The van der Waals surface area contributed by atoms with Gasteiger partial charge in [0.05, 0.1) is 17.7 Å². The molecule has 148 valence electrons. The van der Waals surface area contributed by atoms with Gasteiger partial charge in [0.2, 0.25) is 5.91 Å². The molecule has 0 saturated carbocycles. The third-order valence-corrected chi connectivity index (χ3v) is 4.68. The number of ether oxygens (including phenoxy) is 1. The van der Waals surface area contributed by atoms with Crippen molar-refractivity contribution in [1.82, 2.24) is 5.32 Å². The Labute approximate surface area is 168 Å². The lowest BCUT2D eigenvalue weighted by atomic mass is 9.88. The van der Waals surface area contributed by atoms with Crippen LogP contribution in [0.5, 0.6) is 0 Å². The molecule has 2 aromatic carbocycles. The summed E-state index contributed by atoms with van der Waals surface area (Å²) in [5.74, 6) is -1.40. The van der Waals surface area contributed by atoms with Crippen molar-refractivity contribution in [3.05, 3.63) is 65.2 Å². The number of esters is 1. The van der Waals surface area contributed by atoms with Crippen LogP contribution in [0.4, 0.5) is 5.69 Å². The zero-order valence-electron chi connectivity index (χ0n) is 15.8. The molecule has 3 rings (SSSR count). The van der Waals surface area contributed by atoms with E-state index in [1.807, 2.05) is 18.2 Å². The number of rotatable bonds is 6. The summed E-state index contributed by atoms with van der Waals surface area (Å²) in [7, 11) is 0. The first kappa shape index (κ1) is 20.1. The highest BCUT2D eigenvalue weighted by atomic mass is 16.5. The molecule has 2 N–H and O–H groups in total. The molecule has 0 aromatic heterocycles. The molecule has 0 spiro atoms. The number of hydrogen-bond acceptors (Lipinski definition) is 5. The van der Waals surface area contributed by atoms with Crippen LogP contribution >= 0.6 is 0 Å². The van der Waals surface area contributed by atoms with E-state index in [1.54, 1.807) is 6.07 Å². The van der Waals surface area contributed by atoms with Gasteiger partial charge in [0.1, 0.15) is 6.42 Å². The average Bonchev–Trinajstić information content (AvgIpc) is 2.73. The standard InChI is InChI=1S/C22H21N3O4/c23-13-12-20(26)24-17-10-8-16(9-11-17)22(28)29-14-21(27)25-19-7-3-5-15-4-1-2-6-18(15)19/h1-2,4,6,8-11,19H,3,5,7,12,14H2,(H,24,26)(H,25,27)/t19-/m0/s1. The molecule has 29 heavy (non-hydrogen) atoms. The Morgan fingerprint density at radius 3 is 2.59 bits per heavy atom. The van der Waals surface area contributed by atoms with Gasteiger partial charge in [-0.05, 0) is 54.7 Å². The van der Waals surface area contributed by atoms with Crippen LogP contribution in [-0.2, 0) is 20.7 Å². The smallest absolute Gasteiger partial charge is 0.338 e. The molecule has 2 aromatic rings. The van der Waals surface area contributed by atoms with Gasteiger partial charge in [-0.3, -0.25) is 9.59 Å². The minimum absolute atomic E-state index is 0.0672. The highest BCUT2D eigenvalue weighted by Crippen LogP contribution is 2.29. The summed E-state index contributed by atoms with van der Waals surface area (Å²) in [6.07, 6.45) is 2.61. The summed E-state index contributed by atoms with van der Waals surface area (Å²) in [4.78, 5) is 35.8. The van der Waals surface area contributed by atoms with Crippen molar-refractivity contribution >= 4 is 23.5 Å². The predicted octanol–water partition coefficient (Wildman–Crippen LogP) is 2.89. The molecule has 2 amide bonds. The van der Waals surface area contributed by atoms with Crippen molar-refractivity contribution in [3.63, 3.8) is 0 Å². The van der Waals surface area contributed by atoms with Crippen molar-refractivity contribution < 1.29 is 19.1 Å². The van der Waals surface area contributed by atoms with Gasteiger partial charge in [-0.25, -0.2) is 4.79 Å². The first-order valence-electron chi connectivity index (χ1n) is 9.38. The molecule has 1 atom stereocenters. The van der Waals surface area contributed by atoms with Gasteiger partial charge >= 0.3 is 5.97 Å². The Kier molecular flexibility index (Phi) is 6.59. The Balaban J connectivity index is 1.50. The molecule has 7 heteroatoms. The number of carbonyl (C=O) groups is 3. The van der Waals surface area contributed by atoms with E-state index in [2.05, 4.69) is 16.7 Å². The van der Waals surface area contributed by atoms with Gasteiger partial charge in [0, 0.05) is 5.69 Å². The SMILES string of the molecule is N#CCC(=O)Nc1ccc(C(=O)OCC(=O)N[C@H]2CCCc3ccccc32)cc1. The highest BCUT2D eigenvalue weighted by Gasteiger charge is 2.22. The maximum Gasteiger partial charge on any atom is 0.338 e. The number of amides is 2. The van der Waals surface area contributed by atoms with E-state index in [4.69, 9.17) is 10.00 Å². The topological polar surface area (TPSA) is 108 Å². The van der Waals surface area contributed by atoms with E-state index >= 15 is 0 Å². The lowest BCUT2D eigenvalue weighted by Gasteiger charge is -2.26. The van der Waals surface area contributed by atoms with Gasteiger partial charge in [-0.1, -0.05) is 24.3 Å². The van der Waals surface area contributed by atoms with E-state index in [-0.39, 0.29) is 30.5 Å². The van der Waals surface area contributed by atoms with Crippen LogP contribution in [0.1, 0.15) is 46.8 Å². The largest absolute Gasteiger partial charge is 0.452 e. The molecule has 0 heterocycles. The number of nitriles is 1. The summed E-state index contributed by atoms with van der Waals surface area (Å²) >= 11 is 0. The van der Waals surface area contributed by atoms with Crippen molar-refractivity contribution in [1.29, 1.82) is 5.26 Å². The summed E-state index contributed by atoms with van der Waals surface area (Å²) in [5, 5.41) is 14.0. The lowest BCUT2D eigenvalue weighted by molar-refractivity contribution is -0.125. The third kappa shape index (κ3) is 5.42. The summed E-state index contributed by atoms with van der Waals surface area (Å²) < 4.78 is 5.10. The maximum absolute atomic E-state index is 12.2. The quantitative estimate of drug-likeness (QED) is 0.736. The molecular weight excluding hydrogens is 370 g/mol. The van der Waals surface area contributed by atoms with Crippen molar-refractivity contribution in [2.24, 2.45) is 0 Å². The number of aryl methyl sites for hydroxylation is 1. The van der Waals surface area contributed by atoms with Gasteiger partial charge in [-0.2, -0.15) is 5.26 Å². The van der Waals surface area contributed by atoms with Crippen LogP contribution < -0.4 is 10.6 Å². The van der Waals surface area contributed by atoms with E-state index < -0.39 is 11.9 Å². The maximum atomic E-state index is 12.2. The minimum Gasteiger partial charge on any atom is -0.452 e. The minimum atomic E-state index is -0.626. The van der Waals surface area contributed by atoms with E-state index in [0.717, 1.165) is 24.8 Å². The monoisotopic (exact) mass is 391 g/mol. The van der Waals surface area contributed by atoms with Crippen LogP contribution in [0.25, 0.3) is 0 Å². The molecule has 0 aliphatic heterocycles. The molecule has 0 saturated heterocycles. The fraction of sp³-hybridized carbons (Fsp3) is 0.273. The van der Waals surface area contributed by atoms with Crippen LogP contribution in [0.15, 0.2) is 48.5 Å². The van der Waals surface area contributed by atoms with Gasteiger partial charge in [-0.15, -0.1) is 0 Å². The molecular formula is C22H21N3O4. The molecule has 0 fully saturated rings. The lowest BCUT2D eigenvalue weighted by Crippen LogP contribution is -2.34. The van der Waals surface area contributed by atoms with Gasteiger partial charge < -0.3 is 15.4 Å². The number of hydrogen-bond donors (Lipinski definition) is 2. The average molecular weight is 391 g/mol. The molecule has 0 unspecified atom stereocenters. The third-order valence-electron chi connectivity index (χ3n) is 4.68. The fourth-order valence-electron chi connectivity index (χ4n) is 3.32. The normalized spacial score (nSPS) is 14.8. The Morgan fingerprint density at radius 1 is 1.07 bits per heavy atom. The Bertz CT molecular complexity index is 947. The first-order chi connectivity index (χ1) is 14.1. The number of benzene rings is 2. The second-order valence-corrected chi connectivity index (χ2v) is 6.75. The molecule has 0 bridgehead atoms. The van der Waals surface area contributed by atoms with Crippen LogP contribution in [0, 0.1) is 11.3 Å². The molecule has 1 aliphatic rings. The zero-order valence-corrected chi connectivity index (χ0v) is 15.8. The van der Waals surface area contributed by atoms with E-state index in [0.29, 0.717) is 5.69 Å². The van der Waals surface area contributed by atoms with Crippen molar-refractivity contribution in [2.75, 3.05) is 11.9 Å². The van der Waals surface area contributed by atoms with E-state index in [9.17, 15) is 14.4 Å². The van der Waals surface area contributed by atoms with Crippen molar-refractivity contribution in [2.45, 2.75) is 31.7 Å². The zero-order chi connectivity index (χ0) is 20.6. The fourth-order valence-corrected chi connectivity index (χ4v) is 3.32. The number of nitrogens with one attached hydrogen (secondary N) is 2. The Morgan fingerprint density at radius 2 is 1.83 bits per heavy atom. The van der Waals surface area contributed by atoms with Crippen LogP contribution in [0.2, 0.25) is 0 Å². The summed E-state index contributed by atoms with van der Waals surface area (Å²) in [6.45, 7) is -0.363. The van der Waals surface area contributed by atoms with Gasteiger partial charge in [0.15, 0.2) is 6.61 Å². The molecule has 1 aliphatic carbocycles. The second-order valence-electron chi connectivity index (χ2n) is 6.75. The predicted molar refractivity (Wildman–Crippen MR) is 106 cm³/mol.